The van der Waals surface area contributed by atoms with Gasteiger partial charge >= 0.3 is 5.97 Å². The first-order valence-electron chi connectivity index (χ1n) is 12.9. The molecule has 0 heterocycles. The molecular weight excluding hydrogens is 495 g/mol. The third-order valence-electron chi connectivity index (χ3n) is 8.51. The number of aryl methyl sites for hydroxylation is 1. The second-order valence-corrected chi connectivity index (χ2v) is 12.9. The van der Waals surface area contributed by atoms with Crippen molar-refractivity contribution in [2.75, 3.05) is 11.3 Å². The smallest absolute Gasteiger partial charge is 0.338 e. The van der Waals surface area contributed by atoms with Crippen LogP contribution in [0.3, 0.4) is 0 Å². The van der Waals surface area contributed by atoms with E-state index in [2.05, 4.69) is 17.0 Å². The van der Waals surface area contributed by atoms with Gasteiger partial charge in [-0.25, -0.2) is 17.6 Å². The molecule has 2 aromatic rings. The first-order chi connectivity index (χ1) is 17.5. The molecule has 4 fully saturated rings. The summed E-state index contributed by atoms with van der Waals surface area (Å²) in [5.74, 6) is 0.587. The van der Waals surface area contributed by atoms with Crippen molar-refractivity contribution in [2.45, 2.75) is 63.3 Å². The van der Waals surface area contributed by atoms with Crippen LogP contribution in [-0.2, 0) is 19.6 Å². The first kappa shape index (κ1) is 25.7. The van der Waals surface area contributed by atoms with Gasteiger partial charge in [-0.15, -0.1) is 0 Å². The minimum Gasteiger partial charge on any atom is -0.452 e. The van der Waals surface area contributed by atoms with Gasteiger partial charge in [0, 0.05) is 11.7 Å². The largest absolute Gasteiger partial charge is 0.452 e. The van der Waals surface area contributed by atoms with Crippen LogP contribution in [0.2, 0.25) is 0 Å². The number of rotatable bonds is 8. The Morgan fingerprint density at radius 1 is 1.05 bits per heavy atom. The number of halogens is 1. The minimum absolute atomic E-state index is 0.0242. The Morgan fingerprint density at radius 2 is 1.70 bits per heavy atom. The number of nitrogens with one attached hydrogen (secondary N) is 2. The van der Waals surface area contributed by atoms with Crippen LogP contribution in [-0.4, -0.2) is 32.9 Å². The van der Waals surface area contributed by atoms with Crippen LogP contribution in [0.25, 0.3) is 0 Å². The Labute approximate surface area is 217 Å². The third kappa shape index (κ3) is 5.37. The maximum Gasteiger partial charge on any atom is 0.338 e. The fourth-order valence-corrected chi connectivity index (χ4v) is 8.45. The highest BCUT2D eigenvalue weighted by Gasteiger charge is 2.53. The van der Waals surface area contributed by atoms with E-state index in [1.807, 2.05) is 0 Å². The van der Waals surface area contributed by atoms with E-state index in [-0.39, 0.29) is 33.5 Å². The molecule has 4 saturated carbocycles. The number of esters is 1. The summed E-state index contributed by atoms with van der Waals surface area (Å²) in [5.41, 5.74) is 0.759. The van der Waals surface area contributed by atoms with Crippen molar-refractivity contribution >= 4 is 27.6 Å². The molecule has 2 aromatic carbocycles. The predicted octanol–water partition coefficient (Wildman–Crippen LogP) is 4.81. The fourth-order valence-electron chi connectivity index (χ4n) is 7.14. The first-order valence-corrected chi connectivity index (χ1v) is 14.4. The number of ether oxygens (including phenoxy) is 1. The quantitative estimate of drug-likeness (QED) is 0.479. The molecule has 0 aromatic heterocycles. The molecule has 4 aliphatic carbocycles. The fraction of sp³-hybridized carbons (Fsp3) is 0.500. The number of carbonyl (C=O) groups is 2. The van der Waals surface area contributed by atoms with Gasteiger partial charge in [-0.2, -0.15) is 0 Å². The molecule has 6 rings (SSSR count). The maximum atomic E-state index is 13.6. The normalized spacial score (nSPS) is 26.9. The van der Waals surface area contributed by atoms with E-state index in [1.54, 1.807) is 6.92 Å². The molecule has 4 aliphatic rings. The van der Waals surface area contributed by atoms with Crippen LogP contribution in [0.4, 0.5) is 10.1 Å². The average Bonchev–Trinajstić information content (AvgIpc) is 2.83. The Bertz CT molecular complexity index is 1290. The van der Waals surface area contributed by atoms with Crippen molar-refractivity contribution in [3.05, 3.63) is 59.4 Å². The van der Waals surface area contributed by atoms with Crippen molar-refractivity contribution in [3.8, 4) is 0 Å². The summed E-state index contributed by atoms with van der Waals surface area (Å²) in [6.07, 6.45) is 7.48. The van der Waals surface area contributed by atoms with Crippen LogP contribution in [0.5, 0.6) is 0 Å². The number of amides is 1. The van der Waals surface area contributed by atoms with Crippen LogP contribution < -0.4 is 10.0 Å². The van der Waals surface area contributed by atoms with Crippen LogP contribution >= 0.6 is 0 Å². The maximum absolute atomic E-state index is 13.6. The molecule has 9 heteroatoms. The third-order valence-corrected chi connectivity index (χ3v) is 10.0. The molecule has 0 spiro atoms. The van der Waals surface area contributed by atoms with Gasteiger partial charge in [0.25, 0.3) is 15.9 Å². The highest BCUT2D eigenvalue weighted by Crippen LogP contribution is 2.61. The lowest BCUT2D eigenvalue weighted by Crippen LogP contribution is -2.56. The summed E-state index contributed by atoms with van der Waals surface area (Å²) in [5, 5.41) is 3.08. The summed E-state index contributed by atoms with van der Waals surface area (Å²) in [6, 6.07) is 9.31. The molecule has 1 amide bonds. The number of anilines is 1. The van der Waals surface area contributed by atoms with Crippen molar-refractivity contribution in [1.29, 1.82) is 0 Å². The van der Waals surface area contributed by atoms with Gasteiger partial charge in [0.1, 0.15) is 5.82 Å². The molecule has 4 bridgehead atoms. The topological polar surface area (TPSA) is 102 Å². The van der Waals surface area contributed by atoms with Crippen LogP contribution in [0.15, 0.2) is 47.4 Å². The van der Waals surface area contributed by atoms with E-state index in [4.69, 9.17) is 4.74 Å². The summed E-state index contributed by atoms with van der Waals surface area (Å²) in [7, 11) is -4.07. The Morgan fingerprint density at radius 3 is 2.35 bits per heavy atom. The molecule has 7 nitrogen and oxygen atoms in total. The summed E-state index contributed by atoms with van der Waals surface area (Å²) in [6.45, 7) is 3.23. The molecule has 2 N–H and O–H groups in total. The van der Waals surface area contributed by atoms with E-state index in [0.29, 0.717) is 5.56 Å². The second kappa shape index (κ2) is 9.74. The van der Waals surface area contributed by atoms with E-state index >= 15 is 0 Å². The van der Waals surface area contributed by atoms with E-state index in [0.717, 1.165) is 23.8 Å². The van der Waals surface area contributed by atoms with Gasteiger partial charge in [0.2, 0.25) is 0 Å². The van der Waals surface area contributed by atoms with Crippen molar-refractivity contribution in [2.24, 2.45) is 23.2 Å². The number of benzene rings is 2. The van der Waals surface area contributed by atoms with Gasteiger partial charge in [0.15, 0.2) is 6.61 Å². The number of hydrogen-bond donors (Lipinski definition) is 2. The monoisotopic (exact) mass is 528 g/mol. The standard InChI is InChI=1S/C28H33FN2O5S/c1-17-6-7-23(29)12-25(17)37(34,35)31-24-5-3-4-22(11-24)27(33)36-16-26(32)30-18(2)28-13-19-8-20(14-28)10-21(9-19)15-28/h3-7,11-12,18-21,31H,8-10,13-16H2,1-2H3,(H,30,32)/t18-,19?,20?,21?,28?/m1/s1. The molecule has 198 valence electrons. The highest BCUT2D eigenvalue weighted by molar-refractivity contribution is 7.92. The zero-order chi connectivity index (χ0) is 26.4. The SMILES string of the molecule is Cc1ccc(F)cc1S(=O)(=O)Nc1cccc(C(=O)OCC(=O)N[C@H](C)C23CC4CC(CC(C4)C2)C3)c1. The Kier molecular flexibility index (Phi) is 6.77. The molecule has 0 aliphatic heterocycles. The summed E-state index contributed by atoms with van der Waals surface area (Å²) in [4.78, 5) is 25.1. The molecule has 0 unspecified atom stereocenters. The van der Waals surface area contributed by atoms with Gasteiger partial charge in [-0.05, 0) is 111 Å². The van der Waals surface area contributed by atoms with Gasteiger partial charge in [-0.1, -0.05) is 12.1 Å². The van der Waals surface area contributed by atoms with E-state index < -0.39 is 28.4 Å². The molecule has 37 heavy (non-hydrogen) atoms. The lowest BCUT2D eigenvalue weighted by molar-refractivity contribution is -0.128. The highest BCUT2D eigenvalue weighted by atomic mass is 32.2. The van der Waals surface area contributed by atoms with Crippen LogP contribution in [0.1, 0.15) is 61.4 Å². The average molecular weight is 529 g/mol. The Hall–Kier alpha value is -2.94. The summed E-state index contributed by atoms with van der Waals surface area (Å²) >= 11 is 0. The second-order valence-electron chi connectivity index (χ2n) is 11.2. The zero-order valence-electron chi connectivity index (χ0n) is 21.1. The van der Waals surface area contributed by atoms with E-state index in [1.165, 1.54) is 74.9 Å². The lowest BCUT2D eigenvalue weighted by Gasteiger charge is -2.59. The number of carbonyl (C=O) groups excluding carboxylic acids is 2. The van der Waals surface area contributed by atoms with Crippen LogP contribution in [0, 0.1) is 35.9 Å². The van der Waals surface area contributed by atoms with Gasteiger partial charge in [-0.3, -0.25) is 9.52 Å². The molecular formula is C28H33FN2O5S. The molecule has 1 atom stereocenters. The van der Waals surface area contributed by atoms with Gasteiger partial charge in [0.05, 0.1) is 10.5 Å². The van der Waals surface area contributed by atoms with Gasteiger partial charge < -0.3 is 10.1 Å². The molecule has 0 saturated heterocycles. The summed E-state index contributed by atoms with van der Waals surface area (Å²) < 4.78 is 46.7. The number of sulfonamides is 1. The van der Waals surface area contributed by atoms with Crippen molar-refractivity contribution in [1.82, 2.24) is 5.32 Å². The van der Waals surface area contributed by atoms with E-state index in [9.17, 15) is 22.4 Å². The number of hydrogen-bond acceptors (Lipinski definition) is 5. The zero-order valence-corrected chi connectivity index (χ0v) is 21.9. The minimum atomic E-state index is -4.07. The molecule has 0 radical (unpaired) electrons. The van der Waals surface area contributed by atoms with Crippen molar-refractivity contribution in [3.63, 3.8) is 0 Å². The van der Waals surface area contributed by atoms with Crippen molar-refractivity contribution < 1.29 is 27.1 Å². The predicted molar refractivity (Wildman–Crippen MR) is 137 cm³/mol. The lowest BCUT2D eigenvalue weighted by atomic mass is 9.48. The Balaban J connectivity index is 1.18.